The Labute approximate surface area is 173 Å². The normalized spacial score (nSPS) is 18.6. The molecule has 1 amide bonds. The summed E-state index contributed by atoms with van der Waals surface area (Å²) in [6.07, 6.45) is 10.3. The Morgan fingerprint density at radius 2 is 2.15 bits per heavy atom. The molecule has 27 heavy (non-hydrogen) atoms. The van der Waals surface area contributed by atoms with Crippen LogP contribution in [0.15, 0.2) is 34.3 Å². The fourth-order valence-corrected chi connectivity index (χ4v) is 5.55. The van der Waals surface area contributed by atoms with Crippen molar-refractivity contribution in [2.24, 2.45) is 5.92 Å². The Morgan fingerprint density at radius 1 is 1.30 bits per heavy atom. The highest BCUT2D eigenvalue weighted by Crippen LogP contribution is 2.33. The van der Waals surface area contributed by atoms with Crippen molar-refractivity contribution in [1.29, 1.82) is 0 Å². The van der Waals surface area contributed by atoms with E-state index in [-0.39, 0.29) is 11.8 Å². The molecule has 1 saturated heterocycles. The van der Waals surface area contributed by atoms with Crippen molar-refractivity contribution in [2.75, 3.05) is 24.5 Å². The van der Waals surface area contributed by atoms with E-state index < -0.39 is 0 Å². The number of amides is 1. The summed E-state index contributed by atoms with van der Waals surface area (Å²) in [5, 5.41) is 4.24. The second kappa shape index (κ2) is 8.74. The van der Waals surface area contributed by atoms with Gasteiger partial charge in [-0.05, 0) is 63.1 Å². The van der Waals surface area contributed by atoms with Crippen LogP contribution in [-0.4, -0.2) is 30.5 Å². The number of allylic oxidation sites excluding steroid dienone is 1. The number of thiazole rings is 1. The summed E-state index contributed by atoms with van der Waals surface area (Å²) in [4.78, 5) is 19.6. The number of halogens is 1. The largest absolute Gasteiger partial charge is 0.356 e. The summed E-state index contributed by atoms with van der Waals surface area (Å²) in [5.74, 6) is 0.379. The van der Waals surface area contributed by atoms with Gasteiger partial charge in [0, 0.05) is 30.0 Å². The third-order valence-corrected chi connectivity index (χ3v) is 7.18. The predicted molar refractivity (Wildman–Crippen MR) is 116 cm³/mol. The lowest BCUT2D eigenvalue weighted by Crippen LogP contribution is -2.40. The minimum Gasteiger partial charge on any atom is -0.356 e. The van der Waals surface area contributed by atoms with E-state index in [4.69, 9.17) is 4.98 Å². The second-order valence-electron chi connectivity index (χ2n) is 7.52. The van der Waals surface area contributed by atoms with E-state index in [2.05, 4.69) is 44.4 Å². The minimum absolute atomic E-state index is 0.144. The monoisotopic (exact) mass is 447 g/mol. The smallest absolute Gasteiger partial charge is 0.223 e. The molecule has 144 valence electrons. The Balaban J connectivity index is 1.26. The van der Waals surface area contributed by atoms with Crippen LogP contribution in [0, 0.1) is 5.92 Å². The Kier molecular flexibility index (Phi) is 6.13. The lowest BCUT2D eigenvalue weighted by atomic mass is 9.95. The summed E-state index contributed by atoms with van der Waals surface area (Å²) >= 11 is 5.26. The van der Waals surface area contributed by atoms with Crippen molar-refractivity contribution < 1.29 is 4.79 Å². The molecule has 4 rings (SSSR count). The minimum atomic E-state index is 0.144. The molecule has 0 unspecified atom stereocenters. The van der Waals surface area contributed by atoms with Gasteiger partial charge < -0.3 is 10.2 Å². The topological polar surface area (TPSA) is 45.2 Å². The van der Waals surface area contributed by atoms with Crippen molar-refractivity contribution in [3.8, 4) is 0 Å². The molecule has 4 nitrogen and oxygen atoms in total. The number of aromatic nitrogens is 1. The van der Waals surface area contributed by atoms with Crippen molar-refractivity contribution >= 4 is 48.5 Å². The fraction of sp³-hybridized carbons (Fsp3) is 0.524. The zero-order chi connectivity index (χ0) is 18.6. The maximum Gasteiger partial charge on any atom is 0.223 e. The highest BCUT2D eigenvalue weighted by molar-refractivity contribution is 9.10. The van der Waals surface area contributed by atoms with E-state index in [0.717, 1.165) is 54.0 Å². The number of carbonyl (C=O) groups excluding carboxylic acids is 1. The van der Waals surface area contributed by atoms with E-state index in [9.17, 15) is 4.79 Å². The van der Waals surface area contributed by atoms with Crippen LogP contribution in [0.4, 0.5) is 5.13 Å². The van der Waals surface area contributed by atoms with Crippen molar-refractivity contribution in [3.63, 3.8) is 0 Å². The van der Waals surface area contributed by atoms with Gasteiger partial charge in [0.25, 0.3) is 0 Å². The molecule has 1 aromatic heterocycles. The molecule has 1 aliphatic heterocycles. The Morgan fingerprint density at radius 3 is 2.93 bits per heavy atom. The molecule has 1 fully saturated rings. The van der Waals surface area contributed by atoms with Gasteiger partial charge in [0.2, 0.25) is 5.91 Å². The number of nitrogens with zero attached hydrogens (tertiary/aromatic N) is 2. The first-order chi connectivity index (χ1) is 13.2. The number of carbonyl (C=O) groups is 1. The van der Waals surface area contributed by atoms with Crippen molar-refractivity contribution in [1.82, 2.24) is 10.3 Å². The van der Waals surface area contributed by atoms with Crippen LogP contribution in [0.2, 0.25) is 0 Å². The number of benzene rings is 1. The summed E-state index contributed by atoms with van der Waals surface area (Å²) in [6, 6.07) is 6.21. The first-order valence-corrected chi connectivity index (χ1v) is 11.6. The van der Waals surface area contributed by atoms with Crippen molar-refractivity contribution in [2.45, 2.75) is 44.9 Å². The highest BCUT2D eigenvalue weighted by atomic mass is 79.9. The molecule has 1 aromatic carbocycles. The summed E-state index contributed by atoms with van der Waals surface area (Å²) in [6.45, 7) is 2.60. The van der Waals surface area contributed by atoms with E-state index in [1.54, 1.807) is 11.3 Å². The standard InChI is InChI=1S/C21H26BrN3OS/c22-17-6-7-18-19(14-17)27-21(24-18)25-12-9-16(10-13-25)20(26)23-11-8-15-4-2-1-3-5-15/h4,6-7,14,16H,1-3,5,8-13H2,(H,23,26). The van der Waals surface area contributed by atoms with E-state index >= 15 is 0 Å². The van der Waals surface area contributed by atoms with Gasteiger partial charge in [-0.25, -0.2) is 4.98 Å². The quantitative estimate of drug-likeness (QED) is 0.633. The van der Waals surface area contributed by atoms with Gasteiger partial charge in [-0.3, -0.25) is 4.79 Å². The molecule has 6 heteroatoms. The first-order valence-electron chi connectivity index (χ1n) is 9.96. The summed E-state index contributed by atoms with van der Waals surface area (Å²) < 4.78 is 2.29. The summed E-state index contributed by atoms with van der Waals surface area (Å²) in [7, 11) is 0. The second-order valence-corrected chi connectivity index (χ2v) is 9.44. The van der Waals surface area contributed by atoms with Gasteiger partial charge in [-0.2, -0.15) is 0 Å². The molecule has 2 aromatic rings. The van der Waals surface area contributed by atoms with E-state index in [1.807, 2.05) is 6.07 Å². The third kappa shape index (κ3) is 4.72. The zero-order valence-electron chi connectivity index (χ0n) is 15.5. The van der Waals surface area contributed by atoms with Gasteiger partial charge in [-0.1, -0.05) is 38.9 Å². The van der Waals surface area contributed by atoms with Gasteiger partial charge in [0.05, 0.1) is 10.2 Å². The fourth-order valence-electron chi connectivity index (χ4n) is 3.98. The average molecular weight is 448 g/mol. The molecule has 0 bridgehead atoms. The molecule has 0 spiro atoms. The molecule has 2 heterocycles. The molecule has 0 radical (unpaired) electrons. The summed E-state index contributed by atoms with van der Waals surface area (Å²) in [5.41, 5.74) is 2.58. The molecule has 1 aliphatic carbocycles. The Bertz CT molecular complexity index is 839. The molecular formula is C21H26BrN3OS. The number of hydrogen-bond acceptors (Lipinski definition) is 4. The van der Waals surface area contributed by atoms with Gasteiger partial charge in [-0.15, -0.1) is 0 Å². The van der Waals surface area contributed by atoms with E-state index in [1.165, 1.54) is 36.0 Å². The lowest BCUT2D eigenvalue weighted by Gasteiger charge is -2.31. The number of fused-ring (bicyclic) bond motifs is 1. The van der Waals surface area contributed by atoms with Crippen molar-refractivity contribution in [3.05, 3.63) is 34.3 Å². The zero-order valence-corrected chi connectivity index (χ0v) is 17.9. The number of anilines is 1. The highest BCUT2D eigenvalue weighted by Gasteiger charge is 2.26. The van der Waals surface area contributed by atoms with Crippen LogP contribution in [0.1, 0.15) is 44.9 Å². The van der Waals surface area contributed by atoms with Crippen LogP contribution in [0.3, 0.4) is 0 Å². The van der Waals surface area contributed by atoms with Gasteiger partial charge in [0.15, 0.2) is 5.13 Å². The number of rotatable bonds is 5. The van der Waals surface area contributed by atoms with Crippen LogP contribution in [-0.2, 0) is 4.79 Å². The molecule has 2 aliphatic rings. The molecular weight excluding hydrogens is 422 g/mol. The predicted octanol–water partition coefficient (Wildman–Crippen LogP) is 5.28. The van der Waals surface area contributed by atoms with Crippen LogP contribution in [0.5, 0.6) is 0 Å². The molecule has 0 atom stereocenters. The maximum absolute atomic E-state index is 12.5. The lowest BCUT2D eigenvalue weighted by molar-refractivity contribution is -0.125. The van der Waals surface area contributed by atoms with Gasteiger partial charge >= 0.3 is 0 Å². The SMILES string of the molecule is O=C(NCCC1=CCCCC1)C1CCN(c2nc3ccc(Br)cc3s2)CC1. The molecule has 0 saturated carbocycles. The Hall–Kier alpha value is -1.40. The average Bonchev–Trinajstić information content (AvgIpc) is 3.12. The number of nitrogens with one attached hydrogen (secondary N) is 1. The number of hydrogen-bond donors (Lipinski definition) is 1. The van der Waals surface area contributed by atoms with Crippen LogP contribution >= 0.6 is 27.3 Å². The van der Waals surface area contributed by atoms with E-state index in [0.29, 0.717) is 0 Å². The molecule has 1 N–H and O–H groups in total. The van der Waals surface area contributed by atoms with Crippen LogP contribution in [0.25, 0.3) is 10.2 Å². The first kappa shape index (κ1) is 18.9. The maximum atomic E-state index is 12.5. The third-order valence-electron chi connectivity index (χ3n) is 5.61. The number of piperidine rings is 1. The van der Waals surface area contributed by atoms with Gasteiger partial charge in [0.1, 0.15) is 0 Å². The van der Waals surface area contributed by atoms with Crippen LogP contribution < -0.4 is 10.2 Å².